The first-order valence-electron chi connectivity index (χ1n) is 8.71. The number of imidazole rings is 1. The van der Waals surface area contributed by atoms with Gasteiger partial charge in [-0.05, 0) is 37.3 Å². The number of rotatable bonds is 4. The van der Waals surface area contributed by atoms with Crippen molar-refractivity contribution in [2.24, 2.45) is 7.05 Å². The van der Waals surface area contributed by atoms with E-state index in [0.717, 1.165) is 16.9 Å². The van der Waals surface area contributed by atoms with Gasteiger partial charge in [-0.25, -0.2) is 9.48 Å². The minimum atomic E-state index is -0.318. The summed E-state index contributed by atoms with van der Waals surface area (Å²) in [7, 11) is 1.69. The van der Waals surface area contributed by atoms with Gasteiger partial charge in [0.25, 0.3) is 0 Å². The molecule has 2 aromatic heterocycles. The molecule has 1 N–H and O–H groups in total. The number of carbonyl (C=O) groups is 1. The lowest BCUT2D eigenvalue weighted by atomic mass is 10.3. The number of hydrogen-bond donors (Lipinski definition) is 1. The molecule has 2 heterocycles. The third-order valence-corrected chi connectivity index (χ3v) is 4.74. The quantitative estimate of drug-likeness (QED) is 0.577. The Balaban J connectivity index is 1.64. The summed E-state index contributed by atoms with van der Waals surface area (Å²) in [6.07, 6.45) is 0. The Morgan fingerprint density at radius 2 is 1.86 bits per heavy atom. The third kappa shape index (κ3) is 3.20. The second kappa shape index (κ2) is 7.01. The summed E-state index contributed by atoms with van der Waals surface area (Å²) < 4.78 is 4.60. The van der Waals surface area contributed by atoms with Crippen LogP contribution < -0.4 is 11.0 Å². The maximum atomic E-state index is 12.7. The van der Waals surface area contributed by atoms with E-state index < -0.39 is 0 Å². The molecule has 0 unspecified atom stereocenters. The molecule has 0 aliphatic rings. The highest BCUT2D eigenvalue weighted by Gasteiger charge is 2.16. The number of nitrogens with zero attached hydrogens (tertiary/aromatic N) is 4. The maximum absolute atomic E-state index is 12.7. The van der Waals surface area contributed by atoms with Gasteiger partial charge in [-0.3, -0.25) is 13.9 Å². The van der Waals surface area contributed by atoms with Crippen molar-refractivity contribution >= 4 is 34.4 Å². The highest BCUT2D eigenvalue weighted by Crippen LogP contribution is 2.20. The number of para-hydroxylation sites is 2. The predicted octanol–water partition coefficient (Wildman–Crippen LogP) is 3.13. The Hall–Kier alpha value is -3.32. The molecule has 4 rings (SSSR count). The number of nitrogens with one attached hydrogen (secondary N) is 1. The molecule has 1 amide bonds. The fourth-order valence-electron chi connectivity index (χ4n) is 3.24. The normalized spacial score (nSPS) is 11.1. The number of amides is 1. The van der Waals surface area contributed by atoms with Crippen LogP contribution in [0.25, 0.3) is 16.7 Å². The van der Waals surface area contributed by atoms with Crippen LogP contribution in [-0.2, 0) is 18.4 Å². The molecule has 142 valence electrons. The SMILES string of the molecule is Cc1cc(NC(=O)Cn2c(=O)n(C)c3ccccc32)n(-c2cccc(Cl)c2)n1. The number of aryl methyl sites for hydroxylation is 2. The molecule has 0 fully saturated rings. The van der Waals surface area contributed by atoms with Crippen molar-refractivity contribution in [3.63, 3.8) is 0 Å². The molecule has 0 radical (unpaired) electrons. The van der Waals surface area contributed by atoms with Gasteiger partial charge in [0.1, 0.15) is 12.4 Å². The lowest BCUT2D eigenvalue weighted by molar-refractivity contribution is -0.116. The zero-order valence-corrected chi connectivity index (χ0v) is 16.1. The van der Waals surface area contributed by atoms with Gasteiger partial charge in [0.15, 0.2) is 0 Å². The van der Waals surface area contributed by atoms with Crippen LogP contribution in [0.4, 0.5) is 5.82 Å². The monoisotopic (exact) mass is 395 g/mol. The van der Waals surface area contributed by atoms with Crippen molar-refractivity contribution in [1.82, 2.24) is 18.9 Å². The molecular formula is C20H18ClN5O2. The Kier molecular flexibility index (Phi) is 4.52. The topological polar surface area (TPSA) is 73.8 Å². The van der Waals surface area contributed by atoms with Crippen LogP contribution in [0.1, 0.15) is 5.69 Å². The van der Waals surface area contributed by atoms with Crippen LogP contribution in [0.3, 0.4) is 0 Å². The number of benzene rings is 2. The summed E-state index contributed by atoms with van der Waals surface area (Å²) in [5.41, 5.74) is 2.73. The zero-order chi connectivity index (χ0) is 19.8. The highest BCUT2D eigenvalue weighted by molar-refractivity contribution is 6.30. The number of anilines is 1. The molecule has 0 spiro atoms. The summed E-state index contributed by atoms with van der Waals surface area (Å²) in [5, 5.41) is 7.85. The molecule has 8 heteroatoms. The number of hydrogen-bond acceptors (Lipinski definition) is 3. The van der Waals surface area contributed by atoms with Crippen molar-refractivity contribution in [2.75, 3.05) is 5.32 Å². The molecule has 0 aliphatic heterocycles. The fraction of sp³-hybridized carbons (Fsp3) is 0.150. The first-order valence-corrected chi connectivity index (χ1v) is 9.08. The third-order valence-electron chi connectivity index (χ3n) is 4.51. The summed E-state index contributed by atoms with van der Waals surface area (Å²) in [6.45, 7) is 1.74. The van der Waals surface area contributed by atoms with E-state index in [1.807, 2.05) is 43.3 Å². The van der Waals surface area contributed by atoms with Gasteiger partial charge in [-0.2, -0.15) is 5.10 Å². The van der Waals surface area contributed by atoms with Gasteiger partial charge < -0.3 is 5.32 Å². The van der Waals surface area contributed by atoms with Crippen LogP contribution in [0.2, 0.25) is 5.02 Å². The van der Waals surface area contributed by atoms with E-state index in [2.05, 4.69) is 10.4 Å². The van der Waals surface area contributed by atoms with E-state index in [-0.39, 0.29) is 18.1 Å². The van der Waals surface area contributed by atoms with Crippen molar-refractivity contribution in [1.29, 1.82) is 0 Å². The van der Waals surface area contributed by atoms with E-state index in [4.69, 9.17) is 11.6 Å². The number of aromatic nitrogens is 4. The summed E-state index contributed by atoms with van der Waals surface area (Å²) in [4.78, 5) is 25.2. The van der Waals surface area contributed by atoms with E-state index in [0.29, 0.717) is 16.4 Å². The summed E-state index contributed by atoms with van der Waals surface area (Å²) >= 11 is 6.07. The fourth-order valence-corrected chi connectivity index (χ4v) is 3.42. The molecule has 0 aliphatic carbocycles. The molecule has 7 nitrogen and oxygen atoms in total. The lowest BCUT2D eigenvalue weighted by Crippen LogP contribution is -2.28. The van der Waals surface area contributed by atoms with Crippen molar-refractivity contribution < 1.29 is 4.79 Å². The molecular weight excluding hydrogens is 378 g/mol. The molecule has 0 bridgehead atoms. The largest absolute Gasteiger partial charge is 0.329 e. The number of fused-ring (bicyclic) bond motifs is 1. The number of carbonyl (C=O) groups excluding carboxylic acids is 1. The van der Waals surface area contributed by atoms with Gasteiger partial charge >= 0.3 is 5.69 Å². The zero-order valence-electron chi connectivity index (χ0n) is 15.4. The average Bonchev–Trinajstić information content (AvgIpc) is 3.15. The maximum Gasteiger partial charge on any atom is 0.329 e. The van der Waals surface area contributed by atoms with Gasteiger partial charge in [0, 0.05) is 18.1 Å². The van der Waals surface area contributed by atoms with Crippen molar-refractivity contribution in [3.05, 3.63) is 75.8 Å². The van der Waals surface area contributed by atoms with Crippen LogP contribution in [0.5, 0.6) is 0 Å². The standard InChI is InChI=1S/C20H18ClN5O2/c1-13-10-18(26(23-13)15-7-5-6-14(21)11-15)22-19(27)12-25-17-9-4-3-8-16(17)24(2)20(25)28/h3-11H,12H2,1-2H3,(H,22,27). The summed E-state index contributed by atoms with van der Waals surface area (Å²) in [5.74, 6) is 0.194. The van der Waals surface area contributed by atoms with Gasteiger partial charge in [0.05, 0.1) is 22.4 Å². The van der Waals surface area contributed by atoms with E-state index in [9.17, 15) is 9.59 Å². The van der Waals surface area contributed by atoms with E-state index >= 15 is 0 Å². The Morgan fingerprint density at radius 1 is 1.11 bits per heavy atom. The highest BCUT2D eigenvalue weighted by atomic mass is 35.5. The molecule has 2 aromatic carbocycles. The predicted molar refractivity (Wildman–Crippen MR) is 109 cm³/mol. The van der Waals surface area contributed by atoms with E-state index in [1.165, 1.54) is 9.13 Å². The smallest absolute Gasteiger partial charge is 0.309 e. The van der Waals surface area contributed by atoms with Gasteiger partial charge in [-0.1, -0.05) is 29.8 Å². The second-order valence-corrected chi connectivity index (χ2v) is 6.96. The molecule has 0 saturated heterocycles. The van der Waals surface area contributed by atoms with Crippen LogP contribution >= 0.6 is 11.6 Å². The summed E-state index contributed by atoms with van der Waals surface area (Å²) in [6, 6.07) is 16.3. The first kappa shape index (κ1) is 18.1. The molecule has 28 heavy (non-hydrogen) atoms. The van der Waals surface area contributed by atoms with Gasteiger partial charge in [-0.15, -0.1) is 0 Å². The average molecular weight is 396 g/mol. The number of halogens is 1. The molecule has 0 saturated carbocycles. The van der Waals surface area contributed by atoms with Crippen molar-refractivity contribution in [3.8, 4) is 5.69 Å². The minimum absolute atomic E-state index is 0.0973. The second-order valence-electron chi connectivity index (χ2n) is 6.53. The lowest BCUT2D eigenvalue weighted by Gasteiger charge is -2.10. The Labute approximate surface area is 165 Å². The van der Waals surface area contributed by atoms with E-state index in [1.54, 1.807) is 29.9 Å². The minimum Gasteiger partial charge on any atom is -0.309 e. The van der Waals surface area contributed by atoms with Crippen LogP contribution in [0.15, 0.2) is 59.4 Å². The van der Waals surface area contributed by atoms with Crippen molar-refractivity contribution in [2.45, 2.75) is 13.5 Å². The van der Waals surface area contributed by atoms with Crippen LogP contribution in [0, 0.1) is 6.92 Å². The first-order chi connectivity index (χ1) is 13.4. The Morgan fingerprint density at radius 3 is 2.61 bits per heavy atom. The van der Waals surface area contributed by atoms with Crippen LogP contribution in [-0.4, -0.2) is 24.8 Å². The molecule has 0 atom stereocenters. The Bertz CT molecular complexity index is 1250. The molecule has 4 aromatic rings. The van der Waals surface area contributed by atoms with Gasteiger partial charge in [0.2, 0.25) is 5.91 Å².